The molecule has 2 amide bonds. The summed E-state index contributed by atoms with van der Waals surface area (Å²) < 4.78 is 27.0. The van der Waals surface area contributed by atoms with E-state index in [2.05, 4.69) is 15.6 Å². The molecule has 0 aliphatic rings. The fraction of sp³-hybridized carbons (Fsp3) is 0.0833. The summed E-state index contributed by atoms with van der Waals surface area (Å²) in [7, 11) is 1.56. The number of hydrogen-bond donors (Lipinski definition) is 3. The number of halogens is 2. The molecule has 4 N–H and O–H groups in total. The van der Waals surface area contributed by atoms with Gasteiger partial charge in [0.15, 0.2) is 10.8 Å². The maximum absolute atomic E-state index is 13.5. The fourth-order valence-corrected chi connectivity index (χ4v) is 2.38. The molecule has 1 aromatic carbocycles. The molecule has 21 heavy (non-hydrogen) atoms. The second kappa shape index (κ2) is 5.83. The topological polar surface area (TPSA) is 97.1 Å². The average Bonchev–Trinajstić information content (AvgIpc) is 2.81. The van der Waals surface area contributed by atoms with Crippen LogP contribution in [0.5, 0.6) is 0 Å². The average molecular weight is 312 g/mol. The predicted octanol–water partition coefficient (Wildman–Crippen LogP) is 1.81. The Kier molecular flexibility index (Phi) is 4.13. The summed E-state index contributed by atoms with van der Waals surface area (Å²) in [5.74, 6) is -3.91. The lowest BCUT2D eigenvalue weighted by Gasteiger charge is -2.05. The van der Waals surface area contributed by atoms with Gasteiger partial charge in [-0.05, 0) is 12.1 Å². The number of hydrogen-bond acceptors (Lipinski definition) is 5. The van der Waals surface area contributed by atoms with Gasteiger partial charge in [-0.3, -0.25) is 9.59 Å². The van der Waals surface area contributed by atoms with Crippen LogP contribution in [-0.4, -0.2) is 23.8 Å². The number of anilines is 2. The van der Waals surface area contributed by atoms with Crippen LogP contribution < -0.4 is 16.4 Å². The van der Waals surface area contributed by atoms with Gasteiger partial charge < -0.3 is 16.4 Å². The first-order valence-corrected chi connectivity index (χ1v) is 6.49. The van der Waals surface area contributed by atoms with Crippen LogP contribution in [0.4, 0.5) is 18.9 Å². The van der Waals surface area contributed by atoms with Crippen molar-refractivity contribution < 1.29 is 18.4 Å². The Morgan fingerprint density at radius 2 is 1.90 bits per heavy atom. The highest BCUT2D eigenvalue weighted by atomic mass is 32.1. The molecule has 1 aromatic heterocycles. The molecule has 6 nitrogen and oxygen atoms in total. The monoisotopic (exact) mass is 312 g/mol. The number of nitrogens with one attached hydrogen (secondary N) is 2. The highest BCUT2D eigenvalue weighted by molar-refractivity contribution is 7.20. The molecular formula is C12H10F2N4O2S. The third-order valence-electron chi connectivity index (χ3n) is 2.49. The van der Waals surface area contributed by atoms with E-state index in [4.69, 9.17) is 5.73 Å². The third-order valence-corrected chi connectivity index (χ3v) is 3.48. The van der Waals surface area contributed by atoms with Crippen molar-refractivity contribution in [3.63, 3.8) is 0 Å². The summed E-state index contributed by atoms with van der Waals surface area (Å²) in [6.07, 6.45) is 0. The Morgan fingerprint density at radius 3 is 2.43 bits per heavy atom. The van der Waals surface area contributed by atoms with Gasteiger partial charge in [0, 0.05) is 7.05 Å². The van der Waals surface area contributed by atoms with Crippen LogP contribution in [0.15, 0.2) is 18.2 Å². The first-order chi connectivity index (χ1) is 9.93. The highest BCUT2D eigenvalue weighted by Crippen LogP contribution is 2.28. The van der Waals surface area contributed by atoms with Crippen LogP contribution in [0, 0.1) is 11.6 Å². The molecule has 0 aliphatic heterocycles. The summed E-state index contributed by atoms with van der Waals surface area (Å²) in [6.45, 7) is 0. The zero-order valence-corrected chi connectivity index (χ0v) is 11.6. The summed E-state index contributed by atoms with van der Waals surface area (Å²) in [4.78, 5) is 27.0. The van der Waals surface area contributed by atoms with E-state index in [1.807, 2.05) is 0 Å². The van der Waals surface area contributed by atoms with Crippen molar-refractivity contribution in [1.82, 2.24) is 4.98 Å². The Bertz CT molecular complexity index is 697. The van der Waals surface area contributed by atoms with Crippen LogP contribution in [0.25, 0.3) is 0 Å². The van der Waals surface area contributed by atoms with E-state index >= 15 is 0 Å². The second-order valence-electron chi connectivity index (χ2n) is 3.86. The molecule has 0 radical (unpaired) electrons. The zero-order valence-electron chi connectivity index (χ0n) is 10.7. The molecule has 0 spiro atoms. The molecule has 0 saturated carbocycles. The maximum atomic E-state index is 13.5. The number of aromatic nitrogens is 1. The number of primary amides is 1. The number of thiazole rings is 1. The van der Waals surface area contributed by atoms with Crippen molar-refractivity contribution >= 4 is 33.3 Å². The number of rotatable bonds is 4. The van der Waals surface area contributed by atoms with Gasteiger partial charge in [-0.25, -0.2) is 13.8 Å². The lowest BCUT2D eigenvalue weighted by molar-refractivity contribution is 0.0997. The van der Waals surface area contributed by atoms with Gasteiger partial charge in [0.05, 0.1) is 0 Å². The van der Waals surface area contributed by atoms with E-state index in [1.54, 1.807) is 7.05 Å². The van der Waals surface area contributed by atoms with E-state index in [1.165, 1.54) is 0 Å². The molecular weight excluding hydrogens is 302 g/mol. The first-order valence-electron chi connectivity index (χ1n) is 5.67. The van der Waals surface area contributed by atoms with Gasteiger partial charge in [-0.2, -0.15) is 0 Å². The highest BCUT2D eigenvalue weighted by Gasteiger charge is 2.22. The van der Waals surface area contributed by atoms with Crippen molar-refractivity contribution in [2.24, 2.45) is 5.73 Å². The van der Waals surface area contributed by atoms with Crippen molar-refractivity contribution in [2.75, 3.05) is 17.7 Å². The number of carbonyl (C=O) groups is 2. The smallest absolute Gasteiger partial charge is 0.270 e. The zero-order chi connectivity index (χ0) is 15.6. The lowest BCUT2D eigenvalue weighted by atomic mass is 10.2. The fourth-order valence-electron chi connectivity index (χ4n) is 1.56. The van der Waals surface area contributed by atoms with E-state index in [9.17, 15) is 18.4 Å². The number of amides is 2. The number of nitrogens with zero attached hydrogens (tertiary/aromatic N) is 1. The number of nitrogens with two attached hydrogens (primary N) is 1. The maximum Gasteiger partial charge on any atom is 0.270 e. The largest absolute Gasteiger partial charge is 0.365 e. The normalized spacial score (nSPS) is 10.2. The Labute approximate surface area is 122 Å². The van der Waals surface area contributed by atoms with Crippen LogP contribution in [0.3, 0.4) is 0 Å². The van der Waals surface area contributed by atoms with Crippen LogP contribution >= 0.6 is 11.3 Å². The van der Waals surface area contributed by atoms with Crippen molar-refractivity contribution in [2.45, 2.75) is 0 Å². The Morgan fingerprint density at radius 1 is 1.29 bits per heavy atom. The van der Waals surface area contributed by atoms with Crippen molar-refractivity contribution in [3.8, 4) is 0 Å². The minimum absolute atomic E-state index is 0.0134. The summed E-state index contributed by atoms with van der Waals surface area (Å²) in [5.41, 5.74) is 4.21. The van der Waals surface area contributed by atoms with Crippen molar-refractivity contribution in [1.29, 1.82) is 0 Å². The lowest BCUT2D eigenvalue weighted by Crippen LogP contribution is -2.19. The molecule has 1 heterocycles. The molecule has 2 rings (SSSR count). The summed E-state index contributed by atoms with van der Waals surface area (Å²) >= 11 is 0.923. The molecule has 0 fully saturated rings. The van der Waals surface area contributed by atoms with E-state index in [-0.39, 0.29) is 10.7 Å². The molecule has 0 unspecified atom stereocenters. The molecule has 0 bridgehead atoms. The summed E-state index contributed by atoms with van der Waals surface area (Å²) in [5, 5.41) is 5.26. The van der Waals surface area contributed by atoms with E-state index in [0.717, 1.165) is 29.5 Å². The van der Waals surface area contributed by atoms with Crippen LogP contribution in [0.2, 0.25) is 0 Å². The standard InChI is InChI=1S/C12H10F2N4O2S/c1-16-12-17-8(9(15)19)11(21-12)18-10(20)7-5(13)3-2-4-6(7)14/h2-4H,1H3,(H2,15,19)(H,16,17)(H,18,20). The van der Waals surface area contributed by atoms with E-state index in [0.29, 0.717) is 5.13 Å². The van der Waals surface area contributed by atoms with Crippen LogP contribution in [0.1, 0.15) is 20.8 Å². The molecule has 0 aliphatic carbocycles. The molecule has 110 valence electrons. The summed E-state index contributed by atoms with van der Waals surface area (Å²) in [6, 6.07) is 3.06. The molecule has 0 atom stereocenters. The Balaban J connectivity index is 2.36. The van der Waals surface area contributed by atoms with Gasteiger partial charge in [0.2, 0.25) is 0 Å². The third kappa shape index (κ3) is 2.97. The van der Waals surface area contributed by atoms with Gasteiger partial charge in [-0.15, -0.1) is 0 Å². The Hall–Kier alpha value is -2.55. The minimum Gasteiger partial charge on any atom is -0.365 e. The number of carbonyl (C=O) groups excluding carboxylic acids is 2. The van der Waals surface area contributed by atoms with E-state index < -0.39 is 29.0 Å². The van der Waals surface area contributed by atoms with Gasteiger partial charge >= 0.3 is 0 Å². The van der Waals surface area contributed by atoms with Crippen LogP contribution in [-0.2, 0) is 0 Å². The molecule has 2 aromatic rings. The second-order valence-corrected chi connectivity index (χ2v) is 4.86. The minimum atomic E-state index is -1.03. The SMILES string of the molecule is CNc1nc(C(N)=O)c(NC(=O)c2c(F)cccc2F)s1. The quantitative estimate of drug-likeness (QED) is 0.802. The van der Waals surface area contributed by atoms with Gasteiger partial charge in [0.1, 0.15) is 22.2 Å². The predicted molar refractivity (Wildman–Crippen MR) is 74.5 cm³/mol. The van der Waals surface area contributed by atoms with Gasteiger partial charge in [0.25, 0.3) is 11.8 Å². The van der Waals surface area contributed by atoms with Gasteiger partial charge in [-0.1, -0.05) is 17.4 Å². The van der Waals surface area contributed by atoms with Crippen molar-refractivity contribution in [3.05, 3.63) is 41.1 Å². The molecule has 0 saturated heterocycles. The number of benzene rings is 1. The molecule has 9 heteroatoms. The first kappa shape index (κ1) is 14.9.